The Balaban J connectivity index is 1.40. The number of ketones is 1. The molecule has 4 heteroatoms. The SMILES string of the molecule is O=C(CCc1cccc(-c2cn3c(n2)CCC3)c1)Cc1cccnc1. The number of imidazole rings is 1. The topological polar surface area (TPSA) is 47.8 Å². The predicted molar refractivity (Wildman–Crippen MR) is 97.3 cm³/mol. The molecule has 3 heterocycles. The average Bonchev–Trinajstić information content (AvgIpc) is 3.23. The zero-order valence-electron chi connectivity index (χ0n) is 14.2. The van der Waals surface area contributed by atoms with E-state index < -0.39 is 0 Å². The third kappa shape index (κ3) is 3.68. The van der Waals surface area contributed by atoms with Crippen molar-refractivity contribution in [3.05, 3.63) is 71.9 Å². The lowest BCUT2D eigenvalue weighted by Crippen LogP contribution is -2.04. The molecule has 0 bridgehead atoms. The fourth-order valence-electron chi connectivity index (χ4n) is 3.38. The molecule has 1 aliphatic heterocycles. The van der Waals surface area contributed by atoms with Gasteiger partial charge in [-0.05, 0) is 36.1 Å². The average molecular weight is 331 g/mol. The smallest absolute Gasteiger partial charge is 0.137 e. The summed E-state index contributed by atoms with van der Waals surface area (Å²) in [7, 11) is 0. The lowest BCUT2D eigenvalue weighted by Gasteiger charge is -2.04. The summed E-state index contributed by atoms with van der Waals surface area (Å²) >= 11 is 0. The number of hydrogen-bond acceptors (Lipinski definition) is 3. The fourth-order valence-corrected chi connectivity index (χ4v) is 3.38. The van der Waals surface area contributed by atoms with E-state index in [1.54, 1.807) is 12.4 Å². The van der Waals surface area contributed by atoms with Gasteiger partial charge < -0.3 is 4.57 Å². The van der Waals surface area contributed by atoms with Crippen molar-refractivity contribution in [3.63, 3.8) is 0 Å². The summed E-state index contributed by atoms with van der Waals surface area (Å²) in [5.74, 6) is 1.44. The minimum atomic E-state index is 0.249. The molecule has 0 N–H and O–H groups in total. The first-order chi connectivity index (χ1) is 12.3. The van der Waals surface area contributed by atoms with Gasteiger partial charge in [-0.15, -0.1) is 0 Å². The highest BCUT2D eigenvalue weighted by Gasteiger charge is 2.14. The van der Waals surface area contributed by atoms with Gasteiger partial charge >= 0.3 is 0 Å². The molecule has 126 valence electrons. The number of aromatic nitrogens is 3. The standard InChI is InChI=1S/C21H21N3O/c25-19(13-17-5-2-10-22-14-17)9-8-16-4-1-6-18(12-16)20-15-24-11-3-7-21(24)23-20/h1-2,4-6,10,12,14-15H,3,7-9,11,13H2. The lowest BCUT2D eigenvalue weighted by molar-refractivity contribution is -0.118. The van der Waals surface area contributed by atoms with Gasteiger partial charge in [0.15, 0.2) is 0 Å². The van der Waals surface area contributed by atoms with Crippen LogP contribution in [-0.4, -0.2) is 20.3 Å². The molecule has 0 unspecified atom stereocenters. The van der Waals surface area contributed by atoms with Crippen LogP contribution < -0.4 is 0 Å². The number of carbonyl (C=O) groups is 1. The largest absolute Gasteiger partial charge is 0.334 e. The molecule has 0 aliphatic carbocycles. The number of rotatable bonds is 6. The second-order valence-corrected chi connectivity index (χ2v) is 6.62. The van der Waals surface area contributed by atoms with Gasteiger partial charge in [0, 0.05) is 50.0 Å². The zero-order valence-corrected chi connectivity index (χ0v) is 14.2. The molecule has 0 saturated heterocycles. The van der Waals surface area contributed by atoms with E-state index in [4.69, 9.17) is 4.98 Å². The van der Waals surface area contributed by atoms with Crippen molar-refractivity contribution >= 4 is 5.78 Å². The van der Waals surface area contributed by atoms with Crippen LogP contribution in [0.25, 0.3) is 11.3 Å². The fraction of sp³-hybridized carbons (Fsp3) is 0.286. The van der Waals surface area contributed by atoms with Gasteiger partial charge in [-0.1, -0.05) is 24.3 Å². The Morgan fingerprint density at radius 1 is 1.16 bits per heavy atom. The summed E-state index contributed by atoms with van der Waals surface area (Å²) in [6.07, 6.45) is 9.68. The first-order valence-electron chi connectivity index (χ1n) is 8.84. The maximum Gasteiger partial charge on any atom is 0.137 e. The van der Waals surface area contributed by atoms with E-state index in [2.05, 4.69) is 40.0 Å². The third-order valence-corrected chi connectivity index (χ3v) is 4.70. The van der Waals surface area contributed by atoms with Crippen LogP contribution in [0.3, 0.4) is 0 Å². The van der Waals surface area contributed by atoms with Crippen molar-refractivity contribution in [2.75, 3.05) is 0 Å². The second-order valence-electron chi connectivity index (χ2n) is 6.62. The summed E-state index contributed by atoms with van der Waals surface area (Å²) in [5, 5.41) is 0. The Hall–Kier alpha value is -2.75. The van der Waals surface area contributed by atoms with Crippen LogP contribution in [0.15, 0.2) is 55.0 Å². The lowest BCUT2D eigenvalue weighted by atomic mass is 10.0. The van der Waals surface area contributed by atoms with Crippen molar-refractivity contribution in [2.24, 2.45) is 0 Å². The van der Waals surface area contributed by atoms with Crippen LogP contribution >= 0.6 is 0 Å². The molecular formula is C21H21N3O. The highest BCUT2D eigenvalue weighted by molar-refractivity contribution is 5.81. The molecule has 0 atom stereocenters. The van der Waals surface area contributed by atoms with Crippen LogP contribution in [-0.2, 0) is 30.6 Å². The number of nitrogens with zero attached hydrogens (tertiary/aromatic N) is 3. The van der Waals surface area contributed by atoms with Crippen molar-refractivity contribution < 1.29 is 4.79 Å². The normalized spacial score (nSPS) is 13.0. The Morgan fingerprint density at radius 3 is 2.92 bits per heavy atom. The van der Waals surface area contributed by atoms with Crippen molar-refractivity contribution in [1.29, 1.82) is 0 Å². The van der Waals surface area contributed by atoms with Crippen LogP contribution in [0.1, 0.15) is 29.8 Å². The molecule has 3 aromatic rings. The van der Waals surface area contributed by atoms with Gasteiger partial charge in [0.2, 0.25) is 0 Å². The van der Waals surface area contributed by atoms with Gasteiger partial charge in [-0.2, -0.15) is 0 Å². The Bertz CT molecular complexity index is 862. The first-order valence-corrected chi connectivity index (χ1v) is 8.84. The monoisotopic (exact) mass is 331 g/mol. The quantitative estimate of drug-likeness (QED) is 0.693. The molecule has 0 amide bonds. The van der Waals surface area contributed by atoms with E-state index in [1.165, 1.54) is 17.8 Å². The third-order valence-electron chi connectivity index (χ3n) is 4.70. The van der Waals surface area contributed by atoms with Gasteiger partial charge in [0.05, 0.1) is 5.69 Å². The molecule has 2 aromatic heterocycles. The molecule has 4 rings (SSSR count). The van der Waals surface area contributed by atoms with Crippen LogP contribution in [0.4, 0.5) is 0 Å². The van der Waals surface area contributed by atoms with Crippen molar-refractivity contribution in [2.45, 2.75) is 38.6 Å². The van der Waals surface area contributed by atoms with Crippen LogP contribution in [0, 0.1) is 0 Å². The van der Waals surface area contributed by atoms with E-state index in [0.717, 1.165) is 36.2 Å². The number of fused-ring (bicyclic) bond motifs is 1. The molecule has 0 fully saturated rings. The van der Waals surface area contributed by atoms with E-state index in [0.29, 0.717) is 12.8 Å². The number of pyridine rings is 1. The Morgan fingerprint density at radius 2 is 2.08 bits per heavy atom. The van der Waals surface area contributed by atoms with Crippen molar-refractivity contribution in [1.82, 2.24) is 14.5 Å². The molecule has 1 aromatic carbocycles. The second kappa shape index (κ2) is 7.01. The van der Waals surface area contributed by atoms with E-state index >= 15 is 0 Å². The van der Waals surface area contributed by atoms with Gasteiger partial charge in [0.1, 0.15) is 11.6 Å². The first kappa shape index (κ1) is 15.8. The Labute approximate surface area is 147 Å². The maximum atomic E-state index is 12.2. The highest BCUT2D eigenvalue weighted by Crippen LogP contribution is 2.24. The van der Waals surface area contributed by atoms with Gasteiger partial charge in [-0.25, -0.2) is 4.98 Å². The Kier molecular flexibility index (Phi) is 4.42. The number of aryl methyl sites for hydroxylation is 3. The predicted octanol–water partition coefficient (Wildman–Crippen LogP) is 3.64. The molecule has 0 spiro atoms. The minimum Gasteiger partial charge on any atom is -0.334 e. The number of carbonyl (C=O) groups excluding carboxylic acids is 1. The van der Waals surface area contributed by atoms with E-state index in [-0.39, 0.29) is 5.78 Å². The highest BCUT2D eigenvalue weighted by atomic mass is 16.1. The van der Waals surface area contributed by atoms with Crippen LogP contribution in [0.5, 0.6) is 0 Å². The number of hydrogen-bond donors (Lipinski definition) is 0. The zero-order chi connectivity index (χ0) is 17.1. The van der Waals surface area contributed by atoms with E-state index in [9.17, 15) is 4.79 Å². The van der Waals surface area contributed by atoms with Gasteiger partial charge in [0.25, 0.3) is 0 Å². The summed E-state index contributed by atoms with van der Waals surface area (Å²) < 4.78 is 2.25. The summed E-state index contributed by atoms with van der Waals surface area (Å²) in [6.45, 7) is 1.07. The molecule has 25 heavy (non-hydrogen) atoms. The summed E-state index contributed by atoms with van der Waals surface area (Å²) in [5.41, 5.74) is 4.34. The van der Waals surface area contributed by atoms with Crippen LogP contribution in [0.2, 0.25) is 0 Å². The molecule has 4 nitrogen and oxygen atoms in total. The number of Topliss-reactive ketones (excluding diaryl/α,β-unsaturated/α-hetero) is 1. The molecule has 1 aliphatic rings. The number of benzene rings is 1. The maximum absolute atomic E-state index is 12.2. The molecular weight excluding hydrogens is 310 g/mol. The van der Waals surface area contributed by atoms with E-state index in [1.807, 2.05) is 12.1 Å². The molecule has 0 radical (unpaired) electrons. The molecule has 0 saturated carbocycles. The summed E-state index contributed by atoms with van der Waals surface area (Å²) in [4.78, 5) is 21.0. The van der Waals surface area contributed by atoms with Crippen molar-refractivity contribution in [3.8, 4) is 11.3 Å². The minimum absolute atomic E-state index is 0.249. The van der Waals surface area contributed by atoms with Gasteiger partial charge in [-0.3, -0.25) is 9.78 Å². The summed E-state index contributed by atoms with van der Waals surface area (Å²) in [6, 6.07) is 12.2.